The molecule has 0 atom stereocenters. The summed E-state index contributed by atoms with van der Waals surface area (Å²) in [5.74, 6) is -3.13. The number of benzene rings is 1. The quantitative estimate of drug-likeness (QED) is 0.786. The fraction of sp³-hybridized carbons (Fsp3) is 0.250. The van der Waals surface area contributed by atoms with Crippen LogP contribution in [-0.2, 0) is 16.1 Å². The number of rotatable bonds is 4. The average molecular weight is 252 g/mol. The van der Waals surface area contributed by atoms with Crippen molar-refractivity contribution in [2.45, 2.75) is 20.5 Å². The van der Waals surface area contributed by atoms with E-state index in [4.69, 9.17) is 10.2 Å². The Morgan fingerprint density at radius 2 is 1.56 bits per heavy atom. The van der Waals surface area contributed by atoms with Crippen molar-refractivity contribution in [1.82, 2.24) is 0 Å². The summed E-state index contributed by atoms with van der Waals surface area (Å²) in [5.41, 5.74) is 0.148. The van der Waals surface area contributed by atoms with Crippen LogP contribution in [0.5, 0.6) is 0 Å². The van der Waals surface area contributed by atoms with Crippen molar-refractivity contribution in [2.75, 3.05) is 0 Å². The highest BCUT2D eigenvalue weighted by Crippen LogP contribution is 2.19. The third kappa shape index (κ3) is 3.07. The maximum absolute atomic E-state index is 11.1. The van der Waals surface area contributed by atoms with Crippen molar-refractivity contribution in [3.8, 4) is 0 Å². The van der Waals surface area contributed by atoms with Crippen molar-refractivity contribution >= 4 is 17.9 Å². The minimum Gasteiger partial charge on any atom is -0.478 e. The molecule has 0 aromatic heterocycles. The van der Waals surface area contributed by atoms with Gasteiger partial charge in [-0.2, -0.15) is 0 Å². The number of hydrogen-bond donors (Lipinski definition) is 2. The zero-order valence-corrected chi connectivity index (χ0v) is 9.89. The first-order valence-corrected chi connectivity index (χ1v) is 5.06. The van der Waals surface area contributed by atoms with Gasteiger partial charge >= 0.3 is 17.9 Å². The van der Waals surface area contributed by atoms with E-state index in [-0.39, 0.29) is 23.3 Å². The summed E-state index contributed by atoms with van der Waals surface area (Å²) in [7, 11) is 0. The van der Waals surface area contributed by atoms with E-state index in [2.05, 4.69) is 4.74 Å². The Hall–Kier alpha value is -2.37. The van der Waals surface area contributed by atoms with Gasteiger partial charge in [-0.1, -0.05) is 0 Å². The van der Waals surface area contributed by atoms with Crippen LogP contribution in [0.15, 0.2) is 12.1 Å². The highest BCUT2D eigenvalue weighted by molar-refractivity contribution is 5.97. The highest BCUT2D eigenvalue weighted by atomic mass is 16.5. The molecule has 0 fully saturated rings. The van der Waals surface area contributed by atoms with E-state index >= 15 is 0 Å². The minimum absolute atomic E-state index is 0.0178. The molecule has 96 valence electrons. The first-order chi connectivity index (χ1) is 8.32. The summed E-state index contributed by atoms with van der Waals surface area (Å²) in [6.07, 6.45) is 0. The summed E-state index contributed by atoms with van der Waals surface area (Å²) in [6.45, 7) is 2.38. The molecule has 0 radical (unpaired) electrons. The third-order valence-corrected chi connectivity index (χ3v) is 2.27. The SMILES string of the molecule is CC(=O)OCc1c(C(=O)O)cc(C)cc1C(=O)O. The van der Waals surface area contributed by atoms with Crippen molar-refractivity contribution in [1.29, 1.82) is 0 Å². The molecule has 0 saturated heterocycles. The largest absolute Gasteiger partial charge is 0.478 e. The van der Waals surface area contributed by atoms with E-state index in [1.165, 1.54) is 12.1 Å². The molecule has 0 saturated carbocycles. The summed E-state index contributed by atoms with van der Waals surface area (Å²) in [4.78, 5) is 32.8. The summed E-state index contributed by atoms with van der Waals surface area (Å²) in [6, 6.07) is 2.68. The molecule has 18 heavy (non-hydrogen) atoms. The molecule has 0 unspecified atom stereocenters. The highest BCUT2D eigenvalue weighted by Gasteiger charge is 2.20. The first-order valence-electron chi connectivity index (χ1n) is 5.06. The van der Waals surface area contributed by atoms with E-state index < -0.39 is 17.9 Å². The van der Waals surface area contributed by atoms with E-state index in [0.29, 0.717) is 5.56 Å². The molecule has 1 aromatic rings. The van der Waals surface area contributed by atoms with E-state index in [1.54, 1.807) is 6.92 Å². The maximum Gasteiger partial charge on any atom is 0.336 e. The van der Waals surface area contributed by atoms with Crippen LogP contribution in [0.3, 0.4) is 0 Å². The second-order valence-electron chi connectivity index (χ2n) is 3.73. The first kappa shape index (κ1) is 13.7. The maximum atomic E-state index is 11.1. The van der Waals surface area contributed by atoms with Crippen LogP contribution in [0, 0.1) is 6.92 Å². The van der Waals surface area contributed by atoms with E-state index in [1.807, 2.05) is 0 Å². The fourth-order valence-electron chi connectivity index (χ4n) is 1.53. The number of hydrogen-bond acceptors (Lipinski definition) is 4. The lowest BCUT2D eigenvalue weighted by Crippen LogP contribution is -2.13. The lowest BCUT2D eigenvalue weighted by atomic mass is 9.98. The smallest absolute Gasteiger partial charge is 0.336 e. The number of aryl methyl sites for hydroxylation is 1. The molecular weight excluding hydrogens is 240 g/mol. The molecule has 0 amide bonds. The lowest BCUT2D eigenvalue weighted by molar-refractivity contribution is -0.142. The predicted molar refractivity (Wildman–Crippen MR) is 60.6 cm³/mol. The standard InChI is InChI=1S/C12H12O6/c1-6-3-8(11(14)15)10(5-18-7(2)13)9(4-6)12(16)17/h3-4H,5H2,1-2H3,(H,14,15)(H,16,17). The van der Waals surface area contributed by atoms with Crippen LogP contribution in [0.25, 0.3) is 0 Å². The Balaban J connectivity index is 3.36. The molecule has 2 N–H and O–H groups in total. The number of esters is 1. The summed E-state index contributed by atoms with van der Waals surface area (Å²) in [5, 5.41) is 18.1. The van der Waals surface area contributed by atoms with Gasteiger partial charge in [-0.25, -0.2) is 9.59 Å². The zero-order valence-electron chi connectivity index (χ0n) is 9.89. The average Bonchev–Trinajstić information content (AvgIpc) is 2.25. The normalized spacial score (nSPS) is 9.89. The van der Waals surface area contributed by atoms with Crippen molar-refractivity contribution < 1.29 is 29.3 Å². The van der Waals surface area contributed by atoms with Gasteiger partial charge in [0.1, 0.15) is 6.61 Å². The lowest BCUT2D eigenvalue weighted by Gasteiger charge is -2.11. The fourth-order valence-corrected chi connectivity index (χ4v) is 1.53. The number of carboxylic acid groups (broad SMARTS) is 2. The van der Waals surface area contributed by atoms with Crippen molar-refractivity contribution in [3.05, 3.63) is 34.4 Å². The van der Waals surface area contributed by atoms with Crippen LogP contribution < -0.4 is 0 Å². The van der Waals surface area contributed by atoms with E-state index in [9.17, 15) is 14.4 Å². The number of carbonyl (C=O) groups is 3. The molecule has 0 bridgehead atoms. The zero-order chi connectivity index (χ0) is 13.9. The monoisotopic (exact) mass is 252 g/mol. The van der Waals surface area contributed by atoms with Crippen LogP contribution >= 0.6 is 0 Å². The molecule has 0 heterocycles. The third-order valence-electron chi connectivity index (χ3n) is 2.27. The van der Waals surface area contributed by atoms with Gasteiger partial charge < -0.3 is 14.9 Å². The Kier molecular flexibility index (Phi) is 4.04. The number of carbonyl (C=O) groups excluding carboxylic acids is 1. The molecule has 6 heteroatoms. The second kappa shape index (κ2) is 5.31. The van der Waals surface area contributed by atoms with Crippen LogP contribution in [0.4, 0.5) is 0 Å². The molecule has 6 nitrogen and oxygen atoms in total. The molecule has 0 aliphatic carbocycles. The number of ether oxygens (including phenoxy) is 1. The molecular formula is C12H12O6. The van der Waals surface area contributed by atoms with Crippen molar-refractivity contribution in [3.63, 3.8) is 0 Å². The van der Waals surface area contributed by atoms with Gasteiger partial charge in [0.2, 0.25) is 0 Å². The molecule has 0 spiro atoms. The summed E-state index contributed by atoms with van der Waals surface area (Å²) < 4.78 is 4.68. The topological polar surface area (TPSA) is 101 Å². The van der Waals surface area contributed by atoms with Gasteiger partial charge in [-0.15, -0.1) is 0 Å². The van der Waals surface area contributed by atoms with Crippen molar-refractivity contribution in [2.24, 2.45) is 0 Å². The number of carboxylic acids is 2. The molecule has 0 aliphatic rings. The molecule has 1 rings (SSSR count). The van der Waals surface area contributed by atoms with Gasteiger partial charge in [0.15, 0.2) is 0 Å². The van der Waals surface area contributed by atoms with Gasteiger partial charge in [-0.05, 0) is 24.6 Å². The van der Waals surface area contributed by atoms with Gasteiger partial charge in [-0.3, -0.25) is 4.79 Å². The van der Waals surface area contributed by atoms with Gasteiger partial charge in [0, 0.05) is 12.5 Å². The van der Waals surface area contributed by atoms with E-state index in [0.717, 1.165) is 6.92 Å². The van der Waals surface area contributed by atoms with Gasteiger partial charge in [0.25, 0.3) is 0 Å². The second-order valence-corrected chi connectivity index (χ2v) is 3.73. The van der Waals surface area contributed by atoms with Crippen LogP contribution in [-0.4, -0.2) is 28.1 Å². The number of aromatic carboxylic acids is 2. The Labute approximate surface area is 103 Å². The molecule has 0 aliphatic heterocycles. The predicted octanol–water partition coefficient (Wildman–Crippen LogP) is 1.45. The Morgan fingerprint density at radius 3 is 1.89 bits per heavy atom. The summed E-state index contributed by atoms with van der Waals surface area (Å²) >= 11 is 0. The van der Waals surface area contributed by atoms with Crippen LogP contribution in [0.2, 0.25) is 0 Å². The van der Waals surface area contributed by atoms with Crippen LogP contribution in [0.1, 0.15) is 38.8 Å². The van der Waals surface area contributed by atoms with Gasteiger partial charge in [0.05, 0.1) is 11.1 Å². The Morgan fingerprint density at radius 1 is 1.11 bits per heavy atom. The minimum atomic E-state index is -1.26. The molecule has 1 aromatic carbocycles. The Bertz CT molecular complexity index is 482.